The standard InChI is InChI=1S/C32H31BrN4O3S/c1-18-7-13-25(19(2)15-18)35-30(38)28-20(3)34-32-37(29(28)22-9-11-23(40-6)12-10-22)31(39)27(41-32)17-21-8-14-26(36(4)5)24(33)16-21/h7-17,29H,1-6H3,(H,35,38)/b27-17+/t29-/m1/s1. The Balaban J connectivity index is 1.65. The van der Waals surface area contributed by atoms with Gasteiger partial charge in [0.1, 0.15) is 5.75 Å². The third-order valence-corrected chi connectivity index (χ3v) is 8.70. The molecule has 4 aromatic rings. The first-order valence-electron chi connectivity index (χ1n) is 13.1. The number of thiazole rings is 1. The van der Waals surface area contributed by atoms with Crippen LogP contribution in [0.15, 0.2) is 86.2 Å². The maximum Gasteiger partial charge on any atom is 0.271 e. The van der Waals surface area contributed by atoms with Gasteiger partial charge in [-0.1, -0.05) is 47.2 Å². The van der Waals surface area contributed by atoms with Crippen molar-refractivity contribution in [2.24, 2.45) is 4.99 Å². The topological polar surface area (TPSA) is 75.9 Å². The Morgan fingerprint density at radius 1 is 1.07 bits per heavy atom. The summed E-state index contributed by atoms with van der Waals surface area (Å²) < 4.78 is 8.46. The van der Waals surface area contributed by atoms with Gasteiger partial charge in [0.25, 0.3) is 11.5 Å². The average Bonchev–Trinajstić information content (AvgIpc) is 3.23. The Kier molecular flexibility index (Phi) is 8.02. The lowest BCUT2D eigenvalue weighted by atomic mass is 9.95. The number of carbonyl (C=O) groups excluding carboxylic acids is 1. The third-order valence-electron chi connectivity index (χ3n) is 7.08. The predicted molar refractivity (Wildman–Crippen MR) is 170 cm³/mol. The molecule has 5 rings (SSSR count). The highest BCUT2D eigenvalue weighted by Crippen LogP contribution is 2.32. The van der Waals surface area contributed by atoms with Gasteiger partial charge in [-0.25, -0.2) is 4.99 Å². The van der Waals surface area contributed by atoms with Gasteiger partial charge in [0.15, 0.2) is 4.80 Å². The molecule has 1 amide bonds. The fourth-order valence-corrected chi connectivity index (χ4v) is 6.78. The lowest BCUT2D eigenvalue weighted by Crippen LogP contribution is -2.40. The molecule has 0 bridgehead atoms. The SMILES string of the molecule is COc1ccc([C@@H]2C(C(=O)Nc3ccc(C)cc3C)=C(C)N=c3s/c(=C/c4ccc(N(C)C)c(Br)c4)c(=O)n32)cc1. The molecule has 1 aliphatic heterocycles. The smallest absolute Gasteiger partial charge is 0.271 e. The van der Waals surface area contributed by atoms with Crippen LogP contribution in [0, 0.1) is 13.8 Å². The van der Waals surface area contributed by atoms with E-state index < -0.39 is 6.04 Å². The first kappa shape index (κ1) is 28.6. The Bertz CT molecular complexity index is 1870. The summed E-state index contributed by atoms with van der Waals surface area (Å²) in [6.45, 7) is 5.80. The van der Waals surface area contributed by atoms with E-state index in [1.807, 2.05) is 107 Å². The zero-order valence-corrected chi connectivity index (χ0v) is 26.2. The highest BCUT2D eigenvalue weighted by molar-refractivity contribution is 9.10. The van der Waals surface area contributed by atoms with E-state index in [0.29, 0.717) is 26.4 Å². The van der Waals surface area contributed by atoms with Gasteiger partial charge in [-0.2, -0.15) is 0 Å². The van der Waals surface area contributed by atoms with Crippen LogP contribution in [0.2, 0.25) is 0 Å². The predicted octanol–water partition coefficient (Wildman–Crippen LogP) is 5.33. The van der Waals surface area contributed by atoms with Gasteiger partial charge >= 0.3 is 0 Å². The van der Waals surface area contributed by atoms with E-state index in [0.717, 1.165) is 38.1 Å². The van der Waals surface area contributed by atoms with Crippen LogP contribution < -0.4 is 29.8 Å². The van der Waals surface area contributed by atoms with E-state index in [1.54, 1.807) is 11.7 Å². The summed E-state index contributed by atoms with van der Waals surface area (Å²) in [6.07, 6.45) is 1.87. The Labute approximate surface area is 251 Å². The van der Waals surface area contributed by atoms with Gasteiger partial charge in [-0.3, -0.25) is 14.2 Å². The number of fused-ring (bicyclic) bond motifs is 1. The van der Waals surface area contributed by atoms with Gasteiger partial charge in [-0.05, 0) is 89.8 Å². The fourth-order valence-electron chi connectivity index (χ4n) is 4.98. The van der Waals surface area contributed by atoms with Crippen LogP contribution in [0.5, 0.6) is 5.75 Å². The van der Waals surface area contributed by atoms with Crippen molar-refractivity contribution in [2.75, 3.05) is 31.4 Å². The summed E-state index contributed by atoms with van der Waals surface area (Å²) in [5.41, 5.74) is 6.30. The maximum atomic E-state index is 14.0. The zero-order valence-electron chi connectivity index (χ0n) is 23.8. The molecule has 0 spiro atoms. The van der Waals surface area contributed by atoms with Crippen LogP contribution >= 0.6 is 27.3 Å². The van der Waals surface area contributed by atoms with E-state index in [1.165, 1.54) is 11.3 Å². The third kappa shape index (κ3) is 5.64. The second-order valence-electron chi connectivity index (χ2n) is 10.2. The number of hydrogen-bond donors (Lipinski definition) is 1. The number of nitrogens with one attached hydrogen (secondary N) is 1. The van der Waals surface area contributed by atoms with Crippen molar-refractivity contribution < 1.29 is 9.53 Å². The first-order chi connectivity index (χ1) is 19.6. The molecule has 7 nitrogen and oxygen atoms in total. The second kappa shape index (κ2) is 11.5. The van der Waals surface area contributed by atoms with E-state index >= 15 is 0 Å². The molecule has 0 fully saturated rings. The van der Waals surface area contributed by atoms with E-state index in [-0.39, 0.29) is 11.5 Å². The minimum atomic E-state index is -0.659. The quantitative estimate of drug-likeness (QED) is 0.313. The minimum absolute atomic E-state index is 0.202. The molecule has 1 N–H and O–H groups in total. The molecule has 0 saturated heterocycles. The van der Waals surface area contributed by atoms with Crippen molar-refractivity contribution in [3.63, 3.8) is 0 Å². The number of hydrogen-bond acceptors (Lipinski definition) is 6. The Morgan fingerprint density at radius 3 is 2.44 bits per heavy atom. The van der Waals surface area contributed by atoms with Gasteiger partial charge in [0, 0.05) is 24.3 Å². The number of methoxy groups -OCH3 is 1. The van der Waals surface area contributed by atoms with Crippen molar-refractivity contribution in [3.05, 3.63) is 118 Å². The number of amides is 1. The van der Waals surface area contributed by atoms with Crippen LogP contribution in [-0.2, 0) is 4.79 Å². The summed E-state index contributed by atoms with van der Waals surface area (Å²) in [7, 11) is 5.56. The highest BCUT2D eigenvalue weighted by atomic mass is 79.9. The van der Waals surface area contributed by atoms with E-state index in [4.69, 9.17) is 9.73 Å². The molecule has 1 aromatic heterocycles. The molecule has 9 heteroatoms. The van der Waals surface area contributed by atoms with Crippen molar-refractivity contribution in [1.29, 1.82) is 0 Å². The van der Waals surface area contributed by atoms with Crippen molar-refractivity contribution in [3.8, 4) is 5.75 Å². The number of anilines is 2. The maximum absolute atomic E-state index is 14.0. The summed E-state index contributed by atoms with van der Waals surface area (Å²) in [5.74, 6) is 0.395. The number of carbonyl (C=O) groups is 1. The molecule has 0 radical (unpaired) electrons. The molecule has 0 saturated carbocycles. The molecular formula is C32H31BrN4O3S. The summed E-state index contributed by atoms with van der Waals surface area (Å²) >= 11 is 4.95. The average molecular weight is 632 g/mol. The molecule has 0 aliphatic carbocycles. The number of rotatable bonds is 6. The molecule has 0 unspecified atom stereocenters. The van der Waals surface area contributed by atoms with Gasteiger partial charge in [0.2, 0.25) is 0 Å². The normalized spacial score (nSPS) is 14.9. The van der Waals surface area contributed by atoms with Crippen LogP contribution in [0.3, 0.4) is 0 Å². The molecule has 210 valence electrons. The largest absolute Gasteiger partial charge is 0.497 e. The Hall–Kier alpha value is -3.95. The van der Waals surface area contributed by atoms with Crippen molar-refractivity contribution in [2.45, 2.75) is 26.8 Å². The van der Waals surface area contributed by atoms with Gasteiger partial charge in [0.05, 0.1) is 34.6 Å². The number of allylic oxidation sites excluding steroid dienone is 1. The Morgan fingerprint density at radius 2 is 1.80 bits per heavy atom. The molecule has 41 heavy (non-hydrogen) atoms. The lowest BCUT2D eigenvalue weighted by Gasteiger charge is -2.25. The van der Waals surface area contributed by atoms with Crippen molar-refractivity contribution in [1.82, 2.24) is 4.57 Å². The summed E-state index contributed by atoms with van der Waals surface area (Å²) in [4.78, 5) is 35.2. The summed E-state index contributed by atoms with van der Waals surface area (Å²) in [5, 5.41) is 3.07. The number of aromatic nitrogens is 1. The number of aryl methyl sites for hydroxylation is 2. The number of ether oxygens (including phenoxy) is 1. The zero-order chi connectivity index (χ0) is 29.4. The van der Waals surface area contributed by atoms with Crippen LogP contribution in [-0.4, -0.2) is 31.7 Å². The minimum Gasteiger partial charge on any atom is -0.497 e. The molecule has 1 atom stereocenters. The molecular weight excluding hydrogens is 600 g/mol. The van der Waals surface area contributed by atoms with Crippen molar-refractivity contribution >= 4 is 50.6 Å². The fraction of sp³-hybridized carbons (Fsp3) is 0.219. The number of halogens is 1. The monoisotopic (exact) mass is 630 g/mol. The first-order valence-corrected chi connectivity index (χ1v) is 14.7. The number of benzene rings is 3. The molecule has 3 aromatic carbocycles. The van der Waals surface area contributed by atoms with Gasteiger partial charge < -0.3 is 15.0 Å². The second-order valence-corrected chi connectivity index (χ2v) is 12.1. The van der Waals surface area contributed by atoms with Crippen LogP contribution in [0.4, 0.5) is 11.4 Å². The van der Waals surface area contributed by atoms with Gasteiger partial charge in [-0.15, -0.1) is 0 Å². The molecule has 2 heterocycles. The highest BCUT2D eigenvalue weighted by Gasteiger charge is 2.32. The van der Waals surface area contributed by atoms with E-state index in [2.05, 4.69) is 21.2 Å². The van der Waals surface area contributed by atoms with Crippen LogP contribution in [0.25, 0.3) is 6.08 Å². The van der Waals surface area contributed by atoms with Crippen LogP contribution in [0.1, 0.15) is 35.2 Å². The molecule has 1 aliphatic rings. The van der Waals surface area contributed by atoms with E-state index in [9.17, 15) is 9.59 Å². The summed E-state index contributed by atoms with van der Waals surface area (Å²) in [6, 6.07) is 18.7. The number of nitrogens with zero attached hydrogens (tertiary/aromatic N) is 3. The lowest BCUT2D eigenvalue weighted by molar-refractivity contribution is -0.113.